The largest absolute Gasteiger partial charge is 0.387 e. The van der Waals surface area contributed by atoms with E-state index in [4.69, 9.17) is 11.6 Å². The Morgan fingerprint density at radius 2 is 1.94 bits per heavy atom. The van der Waals surface area contributed by atoms with Crippen LogP contribution in [0.15, 0.2) is 24.3 Å². The molecule has 1 unspecified atom stereocenters. The summed E-state index contributed by atoms with van der Waals surface area (Å²) in [6.45, 7) is 6.13. The second-order valence-corrected chi connectivity index (χ2v) is 5.20. The maximum atomic E-state index is 10.3. The molecule has 1 heterocycles. The Labute approximate surface area is 113 Å². The van der Waals surface area contributed by atoms with Crippen molar-refractivity contribution in [2.24, 2.45) is 0 Å². The van der Waals surface area contributed by atoms with Crippen molar-refractivity contribution >= 4 is 11.6 Å². The molecule has 2 nitrogen and oxygen atoms in total. The highest BCUT2D eigenvalue weighted by molar-refractivity contribution is 6.30. The molecule has 2 N–H and O–H groups in total. The molecule has 2 rings (SSSR count). The van der Waals surface area contributed by atoms with Crippen LogP contribution in [0, 0.1) is 20.8 Å². The highest BCUT2D eigenvalue weighted by atomic mass is 35.5. The number of hydrogen-bond acceptors (Lipinski definition) is 1. The maximum Gasteiger partial charge on any atom is 0.0980 e. The van der Waals surface area contributed by atoms with Gasteiger partial charge in [0.1, 0.15) is 0 Å². The molecule has 2 aromatic rings. The Morgan fingerprint density at radius 1 is 1.22 bits per heavy atom. The van der Waals surface area contributed by atoms with E-state index in [1.165, 1.54) is 5.56 Å². The van der Waals surface area contributed by atoms with Gasteiger partial charge in [0, 0.05) is 22.8 Å². The zero-order valence-electron chi connectivity index (χ0n) is 10.9. The molecule has 0 saturated heterocycles. The lowest BCUT2D eigenvalue weighted by Crippen LogP contribution is -2.04. The minimum absolute atomic E-state index is 0.518. The molecule has 1 aromatic heterocycles. The quantitative estimate of drug-likeness (QED) is 0.866. The van der Waals surface area contributed by atoms with Crippen LogP contribution in [0.1, 0.15) is 34.2 Å². The van der Waals surface area contributed by atoms with E-state index in [1.54, 1.807) is 0 Å². The van der Waals surface area contributed by atoms with Crippen molar-refractivity contribution < 1.29 is 5.11 Å². The first-order chi connectivity index (χ1) is 8.49. The summed E-state index contributed by atoms with van der Waals surface area (Å²) in [5, 5.41) is 11.0. The van der Waals surface area contributed by atoms with Gasteiger partial charge in [-0.15, -0.1) is 0 Å². The Balaban J connectivity index is 2.22. The molecular formula is C15H18ClNO. The molecule has 0 bridgehead atoms. The number of hydrogen-bond donors (Lipinski definition) is 2. The van der Waals surface area contributed by atoms with Crippen LogP contribution in [0.5, 0.6) is 0 Å². The lowest BCUT2D eigenvalue weighted by atomic mass is 10.0. The minimum atomic E-state index is -0.518. The molecular weight excluding hydrogens is 246 g/mol. The third kappa shape index (κ3) is 2.60. The van der Waals surface area contributed by atoms with Crippen molar-refractivity contribution in [3.63, 3.8) is 0 Å². The number of halogens is 1. The molecule has 3 heteroatoms. The lowest BCUT2D eigenvalue weighted by molar-refractivity contribution is 0.173. The van der Waals surface area contributed by atoms with E-state index >= 15 is 0 Å². The summed E-state index contributed by atoms with van der Waals surface area (Å²) in [6.07, 6.45) is 0.0525. The van der Waals surface area contributed by atoms with Crippen LogP contribution in [-0.4, -0.2) is 10.1 Å². The fraction of sp³-hybridized carbons (Fsp3) is 0.333. The zero-order valence-corrected chi connectivity index (χ0v) is 11.7. The summed E-state index contributed by atoms with van der Waals surface area (Å²) in [4.78, 5) is 3.26. The predicted molar refractivity (Wildman–Crippen MR) is 75.1 cm³/mol. The van der Waals surface area contributed by atoms with Crippen molar-refractivity contribution in [3.8, 4) is 0 Å². The van der Waals surface area contributed by atoms with Crippen molar-refractivity contribution in [1.29, 1.82) is 0 Å². The van der Waals surface area contributed by atoms with Crippen LogP contribution in [0.25, 0.3) is 0 Å². The molecule has 0 radical (unpaired) electrons. The summed E-state index contributed by atoms with van der Waals surface area (Å²) in [5.74, 6) is 0. The highest BCUT2D eigenvalue weighted by Gasteiger charge is 2.16. The molecule has 0 amide bonds. The summed E-state index contributed by atoms with van der Waals surface area (Å²) in [7, 11) is 0. The molecule has 0 aliphatic carbocycles. The first kappa shape index (κ1) is 13.2. The zero-order chi connectivity index (χ0) is 13.3. The monoisotopic (exact) mass is 263 g/mol. The van der Waals surface area contributed by atoms with Crippen molar-refractivity contribution in [1.82, 2.24) is 4.98 Å². The minimum Gasteiger partial charge on any atom is -0.387 e. The van der Waals surface area contributed by atoms with Gasteiger partial charge in [-0.05, 0) is 49.6 Å². The van der Waals surface area contributed by atoms with Crippen LogP contribution in [0.4, 0.5) is 0 Å². The molecule has 96 valence electrons. The first-order valence-corrected chi connectivity index (χ1v) is 6.45. The Morgan fingerprint density at radius 3 is 2.50 bits per heavy atom. The number of aryl methyl sites for hydroxylation is 1. The van der Waals surface area contributed by atoms with Gasteiger partial charge in [0.2, 0.25) is 0 Å². The van der Waals surface area contributed by atoms with E-state index in [0.29, 0.717) is 11.4 Å². The maximum absolute atomic E-state index is 10.3. The number of nitrogens with one attached hydrogen (secondary N) is 1. The van der Waals surface area contributed by atoms with Crippen LogP contribution in [0.2, 0.25) is 5.02 Å². The smallest absolute Gasteiger partial charge is 0.0980 e. The number of aromatic nitrogens is 1. The molecule has 0 fully saturated rings. The molecule has 1 atom stereocenters. The van der Waals surface area contributed by atoms with Gasteiger partial charge >= 0.3 is 0 Å². The van der Waals surface area contributed by atoms with Crippen molar-refractivity contribution in [2.45, 2.75) is 33.3 Å². The van der Waals surface area contributed by atoms with E-state index in [-0.39, 0.29) is 0 Å². The second-order valence-electron chi connectivity index (χ2n) is 4.76. The molecule has 1 aromatic carbocycles. The fourth-order valence-electron chi connectivity index (χ4n) is 2.20. The summed E-state index contributed by atoms with van der Waals surface area (Å²) < 4.78 is 0. The number of rotatable bonds is 3. The van der Waals surface area contributed by atoms with Crippen LogP contribution < -0.4 is 0 Å². The van der Waals surface area contributed by atoms with Gasteiger partial charge in [0.15, 0.2) is 0 Å². The molecule has 0 aliphatic heterocycles. The standard InChI is InChI=1S/C15H18ClNO/c1-9-10(2)15(17-11(9)3)14(18)8-12-5-4-6-13(16)7-12/h4-7,14,17-18H,8H2,1-3H3. The molecule has 0 spiro atoms. The molecule has 0 saturated carbocycles. The highest BCUT2D eigenvalue weighted by Crippen LogP contribution is 2.25. The van der Waals surface area contributed by atoms with E-state index in [1.807, 2.05) is 38.1 Å². The lowest BCUT2D eigenvalue weighted by Gasteiger charge is -2.11. The van der Waals surface area contributed by atoms with Crippen LogP contribution >= 0.6 is 11.6 Å². The Kier molecular flexibility index (Phi) is 3.79. The van der Waals surface area contributed by atoms with Gasteiger partial charge in [-0.25, -0.2) is 0 Å². The van der Waals surface area contributed by atoms with Gasteiger partial charge in [0.05, 0.1) is 6.10 Å². The van der Waals surface area contributed by atoms with Gasteiger partial charge in [-0.3, -0.25) is 0 Å². The van der Waals surface area contributed by atoms with E-state index in [0.717, 1.165) is 22.5 Å². The first-order valence-electron chi connectivity index (χ1n) is 6.07. The van der Waals surface area contributed by atoms with Gasteiger partial charge in [-0.1, -0.05) is 23.7 Å². The Hall–Kier alpha value is -1.25. The summed E-state index contributed by atoms with van der Waals surface area (Å²) >= 11 is 5.95. The number of aromatic amines is 1. The number of aliphatic hydroxyl groups excluding tert-OH is 1. The third-order valence-electron chi connectivity index (χ3n) is 3.50. The Bertz CT molecular complexity index is 560. The van der Waals surface area contributed by atoms with E-state index < -0.39 is 6.10 Å². The predicted octanol–water partition coefficient (Wildman–Crippen LogP) is 3.87. The second kappa shape index (κ2) is 5.17. The normalized spacial score (nSPS) is 12.7. The van der Waals surface area contributed by atoms with Crippen molar-refractivity contribution in [2.75, 3.05) is 0 Å². The van der Waals surface area contributed by atoms with E-state index in [9.17, 15) is 5.11 Å². The fourth-order valence-corrected chi connectivity index (χ4v) is 2.41. The third-order valence-corrected chi connectivity index (χ3v) is 3.74. The van der Waals surface area contributed by atoms with Crippen LogP contribution in [-0.2, 0) is 6.42 Å². The van der Waals surface area contributed by atoms with Gasteiger partial charge in [-0.2, -0.15) is 0 Å². The van der Waals surface area contributed by atoms with Crippen molar-refractivity contribution in [3.05, 3.63) is 57.4 Å². The summed E-state index contributed by atoms with van der Waals surface area (Å²) in [5.41, 5.74) is 5.43. The topological polar surface area (TPSA) is 36.0 Å². The summed E-state index contributed by atoms with van der Waals surface area (Å²) in [6, 6.07) is 7.62. The average Bonchev–Trinajstić information content (AvgIpc) is 2.57. The average molecular weight is 264 g/mol. The number of H-pyrrole nitrogens is 1. The number of aliphatic hydroxyl groups is 1. The number of benzene rings is 1. The van der Waals surface area contributed by atoms with Crippen LogP contribution in [0.3, 0.4) is 0 Å². The molecule has 0 aliphatic rings. The van der Waals surface area contributed by atoms with Gasteiger partial charge < -0.3 is 10.1 Å². The SMILES string of the molecule is Cc1[nH]c(C(O)Cc2cccc(Cl)c2)c(C)c1C. The van der Waals surface area contributed by atoms with E-state index in [2.05, 4.69) is 11.9 Å². The van der Waals surface area contributed by atoms with Gasteiger partial charge in [0.25, 0.3) is 0 Å². The molecule has 18 heavy (non-hydrogen) atoms.